The van der Waals surface area contributed by atoms with Crippen LogP contribution in [-0.4, -0.2) is 43.7 Å². The number of hydrogen-bond donors (Lipinski definition) is 2. The Morgan fingerprint density at radius 3 is 2.39 bits per heavy atom. The van der Waals surface area contributed by atoms with E-state index in [0.717, 1.165) is 35.4 Å². The molecule has 0 saturated heterocycles. The molecule has 0 aliphatic carbocycles. The molecular weight excluding hydrogens is 472 g/mol. The molecule has 0 radical (unpaired) electrons. The van der Waals surface area contributed by atoms with E-state index in [1.807, 2.05) is 26.2 Å². The van der Waals surface area contributed by atoms with E-state index in [1.165, 1.54) is 12.1 Å². The Hall–Kier alpha value is -1.68. The van der Waals surface area contributed by atoms with Gasteiger partial charge in [-0.2, -0.15) is 0 Å². The summed E-state index contributed by atoms with van der Waals surface area (Å²) in [6.45, 7) is 5.38. The molecule has 2 rings (SSSR count). The number of hydrogen-bond acceptors (Lipinski definition) is 4. The molecule has 0 bridgehead atoms. The molecule has 0 saturated carbocycles. The molecule has 1 atom stereocenters. The van der Waals surface area contributed by atoms with Crippen LogP contribution in [0.25, 0.3) is 0 Å². The van der Waals surface area contributed by atoms with Gasteiger partial charge in [-0.15, -0.1) is 24.0 Å². The molecule has 1 unspecified atom stereocenters. The minimum absolute atomic E-state index is 0. The van der Waals surface area contributed by atoms with Gasteiger partial charge in [0.25, 0.3) is 0 Å². The van der Waals surface area contributed by atoms with Crippen LogP contribution in [0.2, 0.25) is 0 Å². The van der Waals surface area contributed by atoms with Gasteiger partial charge in [0, 0.05) is 32.1 Å². The highest BCUT2D eigenvalue weighted by atomic mass is 127. The molecule has 0 fully saturated rings. The summed E-state index contributed by atoms with van der Waals surface area (Å²) in [5.74, 6) is 1.38. The second kappa shape index (κ2) is 12.0. The second-order valence-corrected chi connectivity index (χ2v) is 6.58. The van der Waals surface area contributed by atoms with E-state index in [1.54, 1.807) is 7.05 Å². The maximum absolute atomic E-state index is 13.2. The van der Waals surface area contributed by atoms with Crippen LogP contribution in [-0.2, 0) is 19.4 Å². The number of halogens is 2. The topological polar surface area (TPSA) is 65.7 Å². The lowest BCUT2D eigenvalue weighted by atomic mass is 10.1. The molecule has 2 N–H and O–H groups in total. The third-order valence-corrected chi connectivity index (χ3v) is 4.60. The van der Waals surface area contributed by atoms with Gasteiger partial charge in [-0.1, -0.05) is 31.1 Å². The number of guanidine groups is 1. The molecular formula is C20H31FIN5O. The summed E-state index contributed by atoms with van der Waals surface area (Å²) in [6, 6.07) is 6.70. The second-order valence-electron chi connectivity index (χ2n) is 6.58. The first kappa shape index (κ1) is 24.4. The number of rotatable bonds is 8. The van der Waals surface area contributed by atoms with Crippen LogP contribution >= 0.6 is 24.0 Å². The molecule has 0 spiro atoms. The van der Waals surface area contributed by atoms with Crippen molar-refractivity contribution >= 4 is 29.9 Å². The molecule has 156 valence electrons. The van der Waals surface area contributed by atoms with Crippen LogP contribution in [0.3, 0.4) is 0 Å². The SMILES string of the molecule is CCc1noc(CC)c1CNC(=NC)NCC(c1ccc(F)cc1)N(C)C.I. The first-order valence-corrected chi connectivity index (χ1v) is 9.32. The van der Waals surface area contributed by atoms with Crippen LogP contribution in [0.15, 0.2) is 33.8 Å². The fourth-order valence-corrected chi connectivity index (χ4v) is 3.01. The average Bonchev–Trinajstić information content (AvgIpc) is 3.07. The van der Waals surface area contributed by atoms with Crippen LogP contribution in [0.1, 0.15) is 42.5 Å². The van der Waals surface area contributed by atoms with E-state index in [4.69, 9.17) is 4.52 Å². The normalized spacial score (nSPS) is 12.6. The maximum atomic E-state index is 13.2. The predicted octanol–water partition coefficient (Wildman–Crippen LogP) is 3.52. The number of likely N-dealkylation sites (N-methyl/N-ethyl adjacent to an activating group) is 1. The summed E-state index contributed by atoms with van der Waals surface area (Å²) < 4.78 is 18.6. The van der Waals surface area contributed by atoms with E-state index < -0.39 is 0 Å². The lowest BCUT2D eigenvalue weighted by molar-refractivity contribution is 0.298. The van der Waals surface area contributed by atoms with Gasteiger partial charge in [0.2, 0.25) is 0 Å². The summed E-state index contributed by atoms with van der Waals surface area (Å²) in [4.78, 5) is 6.40. The van der Waals surface area contributed by atoms with Gasteiger partial charge >= 0.3 is 0 Å². The van der Waals surface area contributed by atoms with Crippen molar-refractivity contribution in [2.45, 2.75) is 39.3 Å². The van der Waals surface area contributed by atoms with Crippen LogP contribution in [0.4, 0.5) is 4.39 Å². The number of aliphatic imine (C=N–C) groups is 1. The number of nitrogens with zero attached hydrogens (tertiary/aromatic N) is 3. The molecule has 0 amide bonds. The van der Waals surface area contributed by atoms with E-state index in [-0.39, 0.29) is 35.8 Å². The van der Waals surface area contributed by atoms with Crippen LogP contribution < -0.4 is 10.6 Å². The van der Waals surface area contributed by atoms with Gasteiger partial charge in [-0.05, 0) is 38.2 Å². The summed E-state index contributed by atoms with van der Waals surface area (Å²) >= 11 is 0. The minimum atomic E-state index is -0.228. The molecule has 0 aliphatic heterocycles. The Balaban J connectivity index is 0.00000392. The maximum Gasteiger partial charge on any atom is 0.191 e. The van der Waals surface area contributed by atoms with Crippen molar-refractivity contribution in [3.63, 3.8) is 0 Å². The van der Waals surface area contributed by atoms with Crippen molar-refractivity contribution in [1.82, 2.24) is 20.7 Å². The Morgan fingerprint density at radius 2 is 1.86 bits per heavy atom. The predicted molar refractivity (Wildman–Crippen MR) is 122 cm³/mol. The Kier molecular flexibility index (Phi) is 10.4. The van der Waals surface area contributed by atoms with Crippen molar-refractivity contribution in [2.75, 3.05) is 27.7 Å². The minimum Gasteiger partial charge on any atom is -0.361 e. The molecule has 1 aromatic carbocycles. The highest BCUT2D eigenvalue weighted by Gasteiger charge is 2.16. The zero-order valence-corrected chi connectivity index (χ0v) is 19.6. The van der Waals surface area contributed by atoms with Crippen molar-refractivity contribution in [3.05, 3.63) is 52.7 Å². The van der Waals surface area contributed by atoms with Gasteiger partial charge < -0.3 is 20.1 Å². The van der Waals surface area contributed by atoms with Gasteiger partial charge in [-0.25, -0.2) is 4.39 Å². The lowest BCUT2D eigenvalue weighted by Gasteiger charge is -2.26. The number of benzene rings is 1. The lowest BCUT2D eigenvalue weighted by Crippen LogP contribution is -2.41. The monoisotopic (exact) mass is 503 g/mol. The van der Waals surface area contributed by atoms with Crippen LogP contribution in [0, 0.1) is 5.82 Å². The first-order chi connectivity index (χ1) is 13.0. The summed E-state index contributed by atoms with van der Waals surface area (Å²) in [6.07, 6.45) is 1.64. The zero-order chi connectivity index (χ0) is 19.8. The number of nitrogens with one attached hydrogen (secondary N) is 2. The molecule has 1 aromatic heterocycles. The quantitative estimate of drug-likeness (QED) is 0.328. The molecule has 8 heteroatoms. The van der Waals surface area contributed by atoms with Crippen molar-refractivity contribution < 1.29 is 8.91 Å². The smallest absolute Gasteiger partial charge is 0.191 e. The fraction of sp³-hybridized carbons (Fsp3) is 0.500. The van der Waals surface area contributed by atoms with Gasteiger partial charge in [0.15, 0.2) is 5.96 Å². The largest absolute Gasteiger partial charge is 0.361 e. The Bertz CT molecular complexity index is 724. The third-order valence-electron chi connectivity index (χ3n) is 4.60. The van der Waals surface area contributed by atoms with Gasteiger partial charge in [-0.3, -0.25) is 4.99 Å². The summed E-state index contributed by atoms with van der Waals surface area (Å²) in [5, 5.41) is 10.8. The van der Waals surface area contributed by atoms with Gasteiger partial charge in [0.1, 0.15) is 11.6 Å². The highest BCUT2D eigenvalue weighted by Crippen LogP contribution is 2.18. The standard InChI is InChI=1S/C20H30FN5O.HI/c1-6-17-16(19(7-2)27-25-17)12-23-20(22-3)24-13-18(26(4)5)14-8-10-15(21)11-9-14;/h8-11,18H,6-7,12-13H2,1-5H3,(H2,22,23,24);1H. The molecule has 0 aliphatic rings. The molecule has 28 heavy (non-hydrogen) atoms. The van der Waals surface area contributed by atoms with Crippen molar-refractivity contribution in [3.8, 4) is 0 Å². The van der Waals surface area contributed by atoms with Crippen LogP contribution in [0.5, 0.6) is 0 Å². The van der Waals surface area contributed by atoms with E-state index in [2.05, 4.69) is 39.5 Å². The number of aromatic nitrogens is 1. The molecule has 2 aromatic rings. The van der Waals surface area contributed by atoms with Crippen molar-refractivity contribution in [1.29, 1.82) is 0 Å². The van der Waals surface area contributed by atoms with E-state index in [9.17, 15) is 4.39 Å². The average molecular weight is 503 g/mol. The van der Waals surface area contributed by atoms with E-state index >= 15 is 0 Å². The fourth-order valence-electron chi connectivity index (χ4n) is 3.01. The Labute approximate surface area is 184 Å². The van der Waals surface area contributed by atoms with Crippen molar-refractivity contribution in [2.24, 2.45) is 4.99 Å². The van der Waals surface area contributed by atoms with E-state index in [0.29, 0.717) is 19.0 Å². The third kappa shape index (κ3) is 6.44. The zero-order valence-electron chi connectivity index (χ0n) is 17.3. The highest BCUT2D eigenvalue weighted by molar-refractivity contribution is 14.0. The molecule has 6 nitrogen and oxygen atoms in total. The summed E-state index contributed by atoms with van der Waals surface area (Å²) in [7, 11) is 5.75. The Morgan fingerprint density at radius 1 is 1.18 bits per heavy atom. The summed E-state index contributed by atoms with van der Waals surface area (Å²) in [5.41, 5.74) is 3.13. The molecule has 1 heterocycles. The van der Waals surface area contributed by atoms with Gasteiger partial charge in [0.05, 0.1) is 11.7 Å². The number of aryl methyl sites for hydroxylation is 2. The first-order valence-electron chi connectivity index (χ1n) is 9.32.